The topological polar surface area (TPSA) is 26.0 Å². The van der Waals surface area contributed by atoms with Gasteiger partial charge in [-0.15, -0.1) is 0 Å². The van der Waals surface area contributed by atoms with Crippen LogP contribution in [0.1, 0.15) is 32.1 Å². The van der Waals surface area contributed by atoms with Gasteiger partial charge in [0.15, 0.2) is 0 Å². The highest BCUT2D eigenvalue weighted by atomic mass is 19.4. The maximum atomic E-state index is 11.8. The molecule has 4 heteroatoms. The lowest BCUT2D eigenvalue weighted by atomic mass is 9.93. The molecule has 1 aliphatic rings. The summed E-state index contributed by atoms with van der Waals surface area (Å²) >= 11 is 0. The van der Waals surface area contributed by atoms with Gasteiger partial charge in [-0.3, -0.25) is 0 Å². The second-order valence-electron chi connectivity index (χ2n) is 3.51. The van der Waals surface area contributed by atoms with Crippen molar-refractivity contribution in [2.75, 3.05) is 0 Å². The van der Waals surface area contributed by atoms with Crippen molar-refractivity contribution in [1.29, 1.82) is 0 Å². The Balaban J connectivity index is 2.30. The van der Waals surface area contributed by atoms with Crippen molar-refractivity contribution in [3.8, 4) is 0 Å². The first kappa shape index (κ1) is 10.6. The monoisotopic (exact) mass is 193 g/mol. The number of hydrogen-bond acceptors (Lipinski definition) is 1. The Morgan fingerprint density at radius 3 is 2.62 bits per heavy atom. The zero-order valence-electron chi connectivity index (χ0n) is 7.40. The minimum absolute atomic E-state index is 0.148. The van der Waals surface area contributed by atoms with Crippen molar-refractivity contribution in [1.82, 2.24) is 0 Å². The fourth-order valence-electron chi connectivity index (χ4n) is 1.44. The molecule has 0 aliphatic heterocycles. The largest absolute Gasteiger partial charge is 0.389 e. The number of hydrogen-bond donors (Lipinski definition) is 1. The Morgan fingerprint density at radius 2 is 2.15 bits per heavy atom. The lowest BCUT2D eigenvalue weighted by molar-refractivity contribution is -0.134. The Bertz CT molecular complexity index is 196. The lowest BCUT2D eigenvalue weighted by Crippen LogP contribution is -2.22. The molecule has 0 aromatic heterocycles. The Labute approximate surface area is 75.8 Å². The summed E-state index contributed by atoms with van der Waals surface area (Å²) in [7, 11) is 0. The maximum absolute atomic E-state index is 11.8. The Hall–Kier alpha value is -0.510. The maximum Gasteiger partial charge on any atom is 0.389 e. The quantitative estimate of drug-likeness (QED) is 0.670. The van der Waals surface area contributed by atoms with Crippen molar-refractivity contribution in [2.45, 2.75) is 44.3 Å². The molecule has 2 N–H and O–H groups in total. The fraction of sp³-hybridized carbons (Fsp3) is 0.778. The minimum atomic E-state index is -4.03. The average molecular weight is 193 g/mol. The van der Waals surface area contributed by atoms with E-state index in [0.717, 1.165) is 24.8 Å². The summed E-state index contributed by atoms with van der Waals surface area (Å²) in [4.78, 5) is 0. The summed E-state index contributed by atoms with van der Waals surface area (Å²) in [6.45, 7) is 0. The van der Waals surface area contributed by atoms with Crippen LogP contribution in [0, 0.1) is 0 Å². The molecule has 13 heavy (non-hydrogen) atoms. The van der Waals surface area contributed by atoms with Crippen LogP contribution >= 0.6 is 0 Å². The number of alkyl halides is 3. The molecule has 0 saturated heterocycles. The third-order valence-corrected chi connectivity index (χ3v) is 2.28. The molecule has 0 heterocycles. The first-order valence-electron chi connectivity index (χ1n) is 4.47. The van der Waals surface area contributed by atoms with E-state index < -0.39 is 12.6 Å². The Kier molecular flexibility index (Phi) is 3.36. The Morgan fingerprint density at radius 1 is 1.46 bits per heavy atom. The van der Waals surface area contributed by atoms with Gasteiger partial charge in [0.25, 0.3) is 0 Å². The van der Waals surface area contributed by atoms with E-state index in [2.05, 4.69) is 0 Å². The molecule has 1 aliphatic carbocycles. The van der Waals surface area contributed by atoms with Gasteiger partial charge in [-0.2, -0.15) is 13.2 Å². The molecule has 0 aromatic carbocycles. The average Bonchev–Trinajstić information content (AvgIpc) is 2.02. The first-order valence-corrected chi connectivity index (χ1v) is 4.47. The van der Waals surface area contributed by atoms with E-state index in [0.29, 0.717) is 0 Å². The van der Waals surface area contributed by atoms with Gasteiger partial charge < -0.3 is 5.73 Å². The molecule has 0 fully saturated rings. The molecule has 1 nitrogen and oxygen atoms in total. The van der Waals surface area contributed by atoms with Gasteiger partial charge >= 0.3 is 6.18 Å². The van der Waals surface area contributed by atoms with Crippen LogP contribution in [0.3, 0.4) is 0 Å². The number of allylic oxidation sites excluding steroid dienone is 1. The highest BCUT2D eigenvalue weighted by Gasteiger charge is 2.27. The van der Waals surface area contributed by atoms with E-state index in [9.17, 15) is 13.2 Å². The molecule has 76 valence electrons. The summed E-state index contributed by atoms with van der Waals surface area (Å²) in [5, 5.41) is 0. The van der Waals surface area contributed by atoms with E-state index >= 15 is 0 Å². The van der Waals surface area contributed by atoms with Gasteiger partial charge in [0, 0.05) is 12.5 Å². The molecular weight excluding hydrogens is 179 g/mol. The third kappa shape index (κ3) is 4.31. The molecule has 0 aromatic rings. The smallest absolute Gasteiger partial charge is 0.327 e. The van der Waals surface area contributed by atoms with Crippen LogP contribution in [0.15, 0.2) is 11.6 Å². The third-order valence-electron chi connectivity index (χ3n) is 2.28. The van der Waals surface area contributed by atoms with Crippen LogP contribution in [0.4, 0.5) is 13.2 Å². The summed E-state index contributed by atoms with van der Waals surface area (Å²) in [5.74, 6) is 0. The zero-order valence-corrected chi connectivity index (χ0v) is 7.40. The van der Waals surface area contributed by atoms with Crippen LogP contribution in [0.25, 0.3) is 0 Å². The molecule has 1 atom stereocenters. The van der Waals surface area contributed by atoms with Crippen LogP contribution < -0.4 is 5.73 Å². The molecule has 0 spiro atoms. The molecule has 0 bridgehead atoms. The van der Waals surface area contributed by atoms with E-state index in [4.69, 9.17) is 5.73 Å². The van der Waals surface area contributed by atoms with E-state index in [1.807, 2.05) is 6.08 Å². The molecule has 0 amide bonds. The lowest BCUT2D eigenvalue weighted by Gasteiger charge is -2.18. The summed E-state index contributed by atoms with van der Waals surface area (Å²) < 4.78 is 35.5. The standard InChI is InChI=1S/C9H14F3N/c10-9(11,12)6-5-7-1-3-8(13)4-2-7/h1,8H,2-6,13H2. The summed E-state index contributed by atoms with van der Waals surface area (Å²) in [6.07, 6.45) is -0.432. The molecule has 0 radical (unpaired) electrons. The molecule has 0 saturated carbocycles. The molecule has 1 rings (SSSR count). The highest BCUT2D eigenvalue weighted by Crippen LogP contribution is 2.27. The number of nitrogens with two attached hydrogens (primary N) is 1. The van der Waals surface area contributed by atoms with E-state index in [1.54, 1.807) is 0 Å². The predicted molar refractivity (Wildman–Crippen MR) is 45.2 cm³/mol. The normalized spacial score (nSPS) is 24.3. The first-order chi connectivity index (χ1) is 5.97. The fourth-order valence-corrected chi connectivity index (χ4v) is 1.44. The highest BCUT2D eigenvalue weighted by molar-refractivity contribution is 5.07. The van der Waals surface area contributed by atoms with Gasteiger partial charge in [-0.05, 0) is 25.7 Å². The van der Waals surface area contributed by atoms with Crippen LogP contribution in [-0.4, -0.2) is 12.2 Å². The van der Waals surface area contributed by atoms with Crippen molar-refractivity contribution < 1.29 is 13.2 Å². The van der Waals surface area contributed by atoms with Gasteiger partial charge in [-0.1, -0.05) is 11.6 Å². The van der Waals surface area contributed by atoms with Gasteiger partial charge in [0.1, 0.15) is 0 Å². The van der Waals surface area contributed by atoms with Gasteiger partial charge in [0.2, 0.25) is 0 Å². The molecule has 1 unspecified atom stereocenters. The van der Waals surface area contributed by atoms with Crippen molar-refractivity contribution in [2.24, 2.45) is 5.73 Å². The van der Waals surface area contributed by atoms with Gasteiger partial charge in [-0.25, -0.2) is 0 Å². The summed E-state index contributed by atoms with van der Waals surface area (Å²) in [6, 6.07) is 0.148. The van der Waals surface area contributed by atoms with Crippen molar-refractivity contribution in [3.63, 3.8) is 0 Å². The number of halogens is 3. The minimum Gasteiger partial charge on any atom is -0.327 e. The predicted octanol–water partition coefficient (Wildman–Crippen LogP) is 2.77. The van der Waals surface area contributed by atoms with Crippen LogP contribution in [0.2, 0.25) is 0 Å². The summed E-state index contributed by atoms with van der Waals surface area (Å²) in [5.41, 5.74) is 6.53. The SMILES string of the molecule is NC1CC=C(CCC(F)(F)F)CC1. The zero-order chi connectivity index (χ0) is 9.90. The second kappa shape index (κ2) is 4.13. The van der Waals surface area contributed by atoms with Crippen LogP contribution in [-0.2, 0) is 0 Å². The van der Waals surface area contributed by atoms with Crippen LogP contribution in [0.5, 0.6) is 0 Å². The van der Waals surface area contributed by atoms with Crippen molar-refractivity contribution >= 4 is 0 Å². The van der Waals surface area contributed by atoms with Crippen molar-refractivity contribution in [3.05, 3.63) is 11.6 Å². The second-order valence-corrected chi connectivity index (χ2v) is 3.51. The number of rotatable bonds is 2. The van der Waals surface area contributed by atoms with E-state index in [1.165, 1.54) is 0 Å². The molecular formula is C9H14F3N. The van der Waals surface area contributed by atoms with E-state index in [-0.39, 0.29) is 12.5 Å². The van der Waals surface area contributed by atoms with Gasteiger partial charge in [0.05, 0.1) is 0 Å².